The molecule has 2 rings (SSSR count). The first-order valence-electron chi connectivity index (χ1n) is 6.76. The molecule has 1 unspecified atom stereocenters. The summed E-state index contributed by atoms with van der Waals surface area (Å²) in [4.78, 5) is 25.6. The third-order valence-corrected chi connectivity index (χ3v) is 4.53. The quantitative estimate of drug-likeness (QED) is 0.745. The van der Waals surface area contributed by atoms with Gasteiger partial charge in [-0.1, -0.05) is 19.3 Å². The lowest BCUT2D eigenvalue weighted by Gasteiger charge is -2.35. The van der Waals surface area contributed by atoms with Gasteiger partial charge in [-0.25, -0.2) is 0 Å². The van der Waals surface area contributed by atoms with Gasteiger partial charge in [-0.2, -0.15) is 0 Å². The van der Waals surface area contributed by atoms with E-state index in [1.54, 1.807) is 4.90 Å². The number of nitrogens with zero attached hydrogens (tertiary/aromatic N) is 1. The molecule has 1 atom stereocenters. The fraction of sp³-hybridized carbons (Fsp3) is 0.846. The number of likely N-dealkylation sites (tertiary alicyclic amines) is 1. The number of primary amides is 1. The minimum atomic E-state index is -0.707. The van der Waals surface area contributed by atoms with Crippen molar-refractivity contribution in [3.05, 3.63) is 0 Å². The van der Waals surface area contributed by atoms with Crippen LogP contribution in [-0.2, 0) is 9.59 Å². The van der Waals surface area contributed by atoms with Gasteiger partial charge in [0, 0.05) is 13.1 Å². The summed E-state index contributed by atoms with van der Waals surface area (Å²) < 4.78 is 0. The Morgan fingerprint density at radius 1 is 1.11 bits per heavy atom. The van der Waals surface area contributed by atoms with Gasteiger partial charge in [-0.05, 0) is 26.2 Å². The standard InChI is InChI=1S/C13H23N3O2/c1-12(10(14)17)7-8-16(9-12)11(18)13(15)5-3-2-4-6-13/h2-9,15H2,1H3,(H2,14,17). The summed E-state index contributed by atoms with van der Waals surface area (Å²) in [5.74, 6) is -0.320. The molecule has 5 nitrogen and oxygen atoms in total. The maximum absolute atomic E-state index is 12.5. The highest BCUT2D eigenvalue weighted by atomic mass is 16.2. The highest BCUT2D eigenvalue weighted by molar-refractivity contribution is 5.88. The van der Waals surface area contributed by atoms with Crippen molar-refractivity contribution in [2.75, 3.05) is 13.1 Å². The van der Waals surface area contributed by atoms with Gasteiger partial charge < -0.3 is 16.4 Å². The topological polar surface area (TPSA) is 89.4 Å². The first-order chi connectivity index (χ1) is 8.37. The van der Waals surface area contributed by atoms with Crippen molar-refractivity contribution in [1.29, 1.82) is 0 Å². The van der Waals surface area contributed by atoms with E-state index in [9.17, 15) is 9.59 Å². The largest absolute Gasteiger partial charge is 0.369 e. The fourth-order valence-electron chi connectivity index (χ4n) is 3.05. The van der Waals surface area contributed by atoms with Crippen LogP contribution in [0.15, 0.2) is 0 Å². The molecule has 0 aromatic rings. The monoisotopic (exact) mass is 253 g/mol. The fourth-order valence-corrected chi connectivity index (χ4v) is 3.05. The zero-order valence-corrected chi connectivity index (χ0v) is 11.1. The average Bonchev–Trinajstić information content (AvgIpc) is 2.73. The molecule has 5 heteroatoms. The highest BCUT2D eigenvalue weighted by Gasteiger charge is 2.45. The molecule has 1 saturated heterocycles. The van der Waals surface area contributed by atoms with Crippen LogP contribution in [0.2, 0.25) is 0 Å². The van der Waals surface area contributed by atoms with Crippen molar-refractivity contribution in [1.82, 2.24) is 4.90 Å². The van der Waals surface area contributed by atoms with Crippen molar-refractivity contribution in [2.24, 2.45) is 16.9 Å². The number of rotatable bonds is 2. The number of carbonyl (C=O) groups is 2. The third-order valence-electron chi connectivity index (χ3n) is 4.53. The minimum absolute atomic E-state index is 0.00664. The highest BCUT2D eigenvalue weighted by Crippen LogP contribution is 2.34. The molecule has 0 bridgehead atoms. The molecule has 4 N–H and O–H groups in total. The van der Waals surface area contributed by atoms with Crippen LogP contribution >= 0.6 is 0 Å². The van der Waals surface area contributed by atoms with E-state index in [1.807, 2.05) is 6.92 Å². The Balaban J connectivity index is 2.05. The summed E-state index contributed by atoms with van der Waals surface area (Å²) in [5.41, 5.74) is 10.3. The Bertz CT molecular complexity index is 363. The summed E-state index contributed by atoms with van der Waals surface area (Å²) in [6.45, 7) is 2.84. The summed E-state index contributed by atoms with van der Waals surface area (Å²) in [5, 5.41) is 0. The second kappa shape index (κ2) is 4.53. The van der Waals surface area contributed by atoms with Gasteiger partial charge in [-0.15, -0.1) is 0 Å². The van der Waals surface area contributed by atoms with Crippen molar-refractivity contribution in [2.45, 2.75) is 51.0 Å². The Morgan fingerprint density at radius 2 is 1.72 bits per heavy atom. The van der Waals surface area contributed by atoms with E-state index in [2.05, 4.69) is 0 Å². The Morgan fingerprint density at radius 3 is 2.22 bits per heavy atom. The van der Waals surface area contributed by atoms with Crippen LogP contribution < -0.4 is 11.5 Å². The van der Waals surface area contributed by atoms with Crippen molar-refractivity contribution in [3.63, 3.8) is 0 Å². The van der Waals surface area contributed by atoms with Gasteiger partial charge in [0.25, 0.3) is 0 Å². The maximum atomic E-state index is 12.5. The molecule has 2 fully saturated rings. The Hall–Kier alpha value is -1.10. The van der Waals surface area contributed by atoms with E-state index in [0.29, 0.717) is 19.5 Å². The van der Waals surface area contributed by atoms with E-state index < -0.39 is 11.0 Å². The van der Waals surface area contributed by atoms with Crippen molar-refractivity contribution < 1.29 is 9.59 Å². The Labute approximate surface area is 108 Å². The van der Waals surface area contributed by atoms with Crippen molar-refractivity contribution in [3.8, 4) is 0 Å². The van der Waals surface area contributed by atoms with E-state index in [4.69, 9.17) is 11.5 Å². The lowest BCUT2D eigenvalue weighted by molar-refractivity contribution is -0.138. The molecule has 1 saturated carbocycles. The van der Waals surface area contributed by atoms with Crippen LogP contribution in [0, 0.1) is 5.41 Å². The molecule has 0 radical (unpaired) electrons. The molecule has 2 aliphatic rings. The van der Waals surface area contributed by atoms with Gasteiger partial charge in [0.05, 0.1) is 11.0 Å². The van der Waals surface area contributed by atoms with Gasteiger partial charge >= 0.3 is 0 Å². The number of nitrogens with two attached hydrogens (primary N) is 2. The van der Waals surface area contributed by atoms with Gasteiger partial charge in [0.1, 0.15) is 0 Å². The molecule has 1 aliphatic carbocycles. The summed E-state index contributed by atoms with van der Waals surface area (Å²) in [7, 11) is 0. The van der Waals surface area contributed by atoms with Crippen LogP contribution in [0.5, 0.6) is 0 Å². The molecule has 18 heavy (non-hydrogen) atoms. The normalized spacial score (nSPS) is 31.3. The predicted molar refractivity (Wildman–Crippen MR) is 68.5 cm³/mol. The molecule has 2 amide bonds. The summed E-state index contributed by atoms with van der Waals surface area (Å²) in [6, 6.07) is 0. The molecular formula is C13H23N3O2. The molecule has 1 aliphatic heterocycles. The smallest absolute Gasteiger partial charge is 0.242 e. The SMILES string of the molecule is CC1(C(N)=O)CCN(C(=O)C2(N)CCCCC2)C1. The average molecular weight is 253 g/mol. The van der Waals surface area contributed by atoms with Gasteiger partial charge in [0.2, 0.25) is 11.8 Å². The number of hydrogen-bond acceptors (Lipinski definition) is 3. The van der Waals surface area contributed by atoms with Gasteiger partial charge in [0.15, 0.2) is 0 Å². The summed E-state index contributed by atoms with van der Waals surface area (Å²) in [6.07, 6.45) is 5.35. The first-order valence-corrected chi connectivity index (χ1v) is 6.76. The minimum Gasteiger partial charge on any atom is -0.369 e. The van der Waals surface area contributed by atoms with Crippen LogP contribution in [0.4, 0.5) is 0 Å². The lowest BCUT2D eigenvalue weighted by Crippen LogP contribution is -2.56. The van der Waals surface area contributed by atoms with Crippen LogP contribution in [-0.4, -0.2) is 35.3 Å². The van der Waals surface area contributed by atoms with E-state index >= 15 is 0 Å². The molecular weight excluding hydrogens is 230 g/mol. The summed E-state index contributed by atoms with van der Waals surface area (Å²) >= 11 is 0. The zero-order valence-electron chi connectivity index (χ0n) is 11.1. The molecule has 0 aromatic carbocycles. The van der Waals surface area contributed by atoms with E-state index in [-0.39, 0.29) is 11.8 Å². The second-order valence-corrected chi connectivity index (χ2v) is 6.12. The van der Waals surface area contributed by atoms with Crippen LogP contribution in [0.3, 0.4) is 0 Å². The number of amides is 2. The molecule has 1 heterocycles. The lowest BCUT2D eigenvalue weighted by atomic mass is 9.81. The first kappa shape index (κ1) is 13.3. The molecule has 102 valence electrons. The second-order valence-electron chi connectivity index (χ2n) is 6.12. The third kappa shape index (κ3) is 2.23. The molecule has 0 spiro atoms. The number of carbonyl (C=O) groups excluding carboxylic acids is 2. The van der Waals surface area contributed by atoms with E-state index in [0.717, 1.165) is 32.1 Å². The zero-order chi connectivity index (χ0) is 13.4. The number of hydrogen-bond donors (Lipinski definition) is 2. The maximum Gasteiger partial charge on any atom is 0.242 e. The van der Waals surface area contributed by atoms with Crippen LogP contribution in [0.25, 0.3) is 0 Å². The Kier molecular flexibility index (Phi) is 3.36. The van der Waals surface area contributed by atoms with Gasteiger partial charge in [-0.3, -0.25) is 9.59 Å². The van der Waals surface area contributed by atoms with Crippen molar-refractivity contribution >= 4 is 11.8 Å². The predicted octanol–water partition coefficient (Wildman–Crippen LogP) is 0.372. The van der Waals surface area contributed by atoms with Crippen LogP contribution in [0.1, 0.15) is 45.4 Å². The molecule has 0 aromatic heterocycles. The van der Waals surface area contributed by atoms with E-state index in [1.165, 1.54) is 0 Å².